The third-order valence-corrected chi connectivity index (χ3v) is 3.12. The largest absolute Gasteiger partial charge is 0.345 e. The lowest BCUT2D eigenvalue weighted by Gasteiger charge is -2.19. The first-order valence-electron chi connectivity index (χ1n) is 6.37. The van der Waals surface area contributed by atoms with Crippen LogP contribution in [-0.4, -0.2) is 46.7 Å². The predicted molar refractivity (Wildman–Crippen MR) is 64.7 cm³/mol. The van der Waals surface area contributed by atoms with Crippen LogP contribution in [0.15, 0.2) is 0 Å². The molecule has 2 aliphatic rings. The molecule has 1 saturated heterocycles. The summed E-state index contributed by atoms with van der Waals surface area (Å²) in [4.78, 5) is 47.7. The minimum Gasteiger partial charge on any atom is -0.345 e. The van der Waals surface area contributed by atoms with E-state index in [9.17, 15) is 19.2 Å². The third-order valence-electron chi connectivity index (χ3n) is 3.12. The summed E-state index contributed by atoms with van der Waals surface area (Å²) in [6, 6.07) is -1.10. The number of hydrogen-bond donors (Lipinski definition) is 2. The maximum absolute atomic E-state index is 11.9. The highest BCUT2D eigenvalue weighted by Crippen LogP contribution is 2.18. The fraction of sp³-hybridized carbons (Fsp3) is 0.667. The first-order valence-corrected chi connectivity index (χ1v) is 6.37. The second-order valence-electron chi connectivity index (χ2n) is 5.17. The van der Waals surface area contributed by atoms with Crippen molar-refractivity contribution in [3.8, 4) is 0 Å². The molecule has 0 radical (unpaired) electrons. The Labute approximate surface area is 110 Å². The van der Waals surface area contributed by atoms with Crippen molar-refractivity contribution < 1.29 is 19.2 Å². The number of amides is 4. The summed E-state index contributed by atoms with van der Waals surface area (Å²) < 4.78 is 0. The number of nitrogens with one attached hydrogen (secondary N) is 2. The minimum absolute atomic E-state index is 0.0753. The predicted octanol–water partition coefficient (Wildman–Crippen LogP) is -1.08. The van der Waals surface area contributed by atoms with Gasteiger partial charge in [-0.1, -0.05) is 0 Å². The number of hydrogen-bond acceptors (Lipinski definition) is 4. The van der Waals surface area contributed by atoms with Gasteiger partial charge >= 0.3 is 11.8 Å². The zero-order valence-corrected chi connectivity index (χ0v) is 10.9. The molecule has 2 fully saturated rings. The van der Waals surface area contributed by atoms with Gasteiger partial charge in [-0.05, 0) is 26.7 Å². The molecule has 0 aromatic rings. The average molecular weight is 267 g/mol. The molecule has 0 spiro atoms. The van der Waals surface area contributed by atoms with E-state index in [-0.39, 0.29) is 24.4 Å². The van der Waals surface area contributed by atoms with Crippen LogP contribution in [0.2, 0.25) is 0 Å². The van der Waals surface area contributed by atoms with Gasteiger partial charge < -0.3 is 10.6 Å². The first-order chi connectivity index (χ1) is 8.90. The molecule has 2 N–H and O–H groups in total. The molecule has 7 nitrogen and oxygen atoms in total. The van der Waals surface area contributed by atoms with Crippen LogP contribution < -0.4 is 10.6 Å². The van der Waals surface area contributed by atoms with Gasteiger partial charge in [-0.15, -0.1) is 0 Å². The summed E-state index contributed by atoms with van der Waals surface area (Å²) in [5.74, 6) is -2.38. The van der Waals surface area contributed by atoms with Crippen molar-refractivity contribution in [1.82, 2.24) is 15.5 Å². The van der Waals surface area contributed by atoms with E-state index in [0.717, 1.165) is 17.7 Å². The van der Waals surface area contributed by atoms with Gasteiger partial charge in [-0.3, -0.25) is 24.1 Å². The molecule has 104 valence electrons. The average Bonchev–Trinajstić information content (AvgIpc) is 3.06. The maximum Gasteiger partial charge on any atom is 0.309 e. The van der Waals surface area contributed by atoms with Crippen molar-refractivity contribution in [3.63, 3.8) is 0 Å². The zero-order valence-electron chi connectivity index (χ0n) is 10.9. The molecule has 0 aromatic carbocycles. The lowest BCUT2D eigenvalue weighted by atomic mass is 10.2. The number of carbonyl (C=O) groups excluding carboxylic acids is 4. The molecule has 2 rings (SSSR count). The second-order valence-corrected chi connectivity index (χ2v) is 5.17. The van der Waals surface area contributed by atoms with Gasteiger partial charge in [-0.25, -0.2) is 0 Å². The van der Waals surface area contributed by atoms with E-state index in [4.69, 9.17) is 0 Å². The molecule has 0 unspecified atom stereocenters. The van der Waals surface area contributed by atoms with E-state index in [0.29, 0.717) is 0 Å². The van der Waals surface area contributed by atoms with E-state index in [2.05, 4.69) is 10.6 Å². The molecule has 1 atom stereocenters. The number of carbonyl (C=O) groups is 4. The Hall–Kier alpha value is -1.92. The van der Waals surface area contributed by atoms with Crippen LogP contribution in [0.4, 0.5) is 0 Å². The van der Waals surface area contributed by atoms with Gasteiger partial charge in [0.1, 0.15) is 6.04 Å². The Balaban J connectivity index is 1.92. The van der Waals surface area contributed by atoms with E-state index in [1.54, 1.807) is 13.8 Å². The molecule has 0 bridgehead atoms. The molecule has 1 saturated carbocycles. The minimum atomic E-state index is -0.924. The Bertz CT molecular complexity index is 442. The molecule has 7 heteroatoms. The molecular weight excluding hydrogens is 250 g/mol. The smallest absolute Gasteiger partial charge is 0.309 e. The van der Waals surface area contributed by atoms with Gasteiger partial charge in [0.05, 0.1) is 6.42 Å². The Kier molecular flexibility index (Phi) is 3.55. The van der Waals surface area contributed by atoms with E-state index in [1.165, 1.54) is 0 Å². The van der Waals surface area contributed by atoms with Crippen molar-refractivity contribution in [1.29, 1.82) is 0 Å². The van der Waals surface area contributed by atoms with E-state index in [1.807, 2.05) is 0 Å². The molecule has 4 amide bonds. The molecular formula is C12H17N3O4. The van der Waals surface area contributed by atoms with Crippen LogP contribution in [-0.2, 0) is 19.2 Å². The van der Waals surface area contributed by atoms with Gasteiger partial charge in [0.15, 0.2) is 0 Å². The number of nitrogens with zero attached hydrogens (tertiary/aromatic N) is 1. The topological polar surface area (TPSA) is 95.6 Å². The lowest BCUT2D eigenvalue weighted by Crippen LogP contribution is -2.48. The van der Waals surface area contributed by atoms with Crippen molar-refractivity contribution in [2.24, 2.45) is 0 Å². The summed E-state index contributed by atoms with van der Waals surface area (Å²) >= 11 is 0. The van der Waals surface area contributed by atoms with Crippen molar-refractivity contribution in [2.45, 2.75) is 51.2 Å². The maximum atomic E-state index is 11.9. The molecule has 1 aliphatic carbocycles. The highest BCUT2D eigenvalue weighted by Gasteiger charge is 2.41. The van der Waals surface area contributed by atoms with Gasteiger partial charge in [0, 0.05) is 12.1 Å². The van der Waals surface area contributed by atoms with Crippen molar-refractivity contribution in [3.05, 3.63) is 0 Å². The fourth-order valence-corrected chi connectivity index (χ4v) is 2.01. The number of likely N-dealkylation sites (tertiary alicyclic amines) is 1. The molecule has 1 heterocycles. The Morgan fingerprint density at radius 3 is 2.21 bits per heavy atom. The Morgan fingerprint density at radius 2 is 1.74 bits per heavy atom. The summed E-state index contributed by atoms with van der Waals surface area (Å²) in [6.45, 7) is 3.44. The summed E-state index contributed by atoms with van der Waals surface area (Å²) in [5, 5.41) is 4.84. The standard InChI is InChI=1S/C12H17N3O4/c1-6(2)15-9(16)5-8(12(15)19)14-11(18)10(17)13-7-3-4-7/h6-8H,3-5H2,1-2H3,(H,13,17)(H,14,18)/t8-/m1/s1. The zero-order chi connectivity index (χ0) is 14.2. The summed E-state index contributed by atoms with van der Waals surface area (Å²) in [6.07, 6.45) is 1.67. The van der Waals surface area contributed by atoms with Crippen LogP contribution >= 0.6 is 0 Å². The van der Waals surface area contributed by atoms with E-state index < -0.39 is 23.8 Å². The van der Waals surface area contributed by atoms with Crippen molar-refractivity contribution in [2.75, 3.05) is 0 Å². The van der Waals surface area contributed by atoms with Crippen LogP contribution in [0.1, 0.15) is 33.1 Å². The SMILES string of the molecule is CC(C)N1C(=O)C[C@@H](NC(=O)C(=O)NC2CC2)C1=O. The second kappa shape index (κ2) is 4.99. The summed E-state index contributed by atoms with van der Waals surface area (Å²) in [5.41, 5.74) is 0. The van der Waals surface area contributed by atoms with Gasteiger partial charge in [-0.2, -0.15) is 0 Å². The summed E-state index contributed by atoms with van der Waals surface area (Å²) in [7, 11) is 0. The fourth-order valence-electron chi connectivity index (χ4n) is 2.01. The quantitative estimate of drug-likeness (QED) is 0.502. The van der Waals surface area contributed by atoms with Crippen LogP contribution in [0.25, 0.3) is 0 Å². The molecule has 1 aliphatic heterocycles. The van der Waals surface area contributed by atoms with Crippen LogP contribution in [0.3, 0.4) is 0 Å². The van der Waals surface area contributed by atoms with Gasteiger partial charge in [0.2, 0.25) is 5.91 Å². The number of imide groups is 1. The van der Waals surface area contributed by atoms with Crippen molar-refractivity contribution >= 4 is 23.6 Å². The van der Waals surface area contributed by atoms with E-state index >= 15 is 0 Å². The lowest BCUT2D eigenvalue weighted by molar-refractivity contribution is -0.143. The van der Waals surface area contributed by atoms with Crippen LogP contribution in [0.5, 0.6) is 0 Å². The Morgan fingerprint density at radius 1 is 1.16 bits per heavy atom. The monoisotopic (exact) mass is 267 g/mol. The first kappa shape index (κ1) is 13.5. The number of rotatable bonds is 3. The molecule has 0 aromatic heterocycles. The van der Waals surface area contributed by atoms with Crippen LogP contribution in [0, 0.1) is 0 Å². The highest BCUT2D eigenvalue weighted by atomic mass is 16.2. The highest BCUT2D eigenvalue weighted by molar-refractivity contribution is 6.35. The third kappa shape index (κ3) is 2.91. The van der Waals surface area contributed by atoms with Gasteiger partial charge in [0.25, 0.3) is 5.91 Å². The molecule has 19 heavy (non-hydrogen) atoms. The normalized spacial score (nSPS) is 22.9.